The molecule has 24 heavy (non-hydrogen) atoms. The first-order valence-electron chi connectivity index (χ1n) is 9.42. The molecule has 2 aromatic carbocycles. The molecule has 0 aliphatic heterocycles. The minimum absolute atomic E-state index is 0.598. The van der Waals surface area contributed by atoms with E-state index >= 15 is 0 Å². The summed E-state index contributed by atoms with van der Waals surface area (Å²) in [4.78, 5) is 0. The molecule has 0 fully saturated rings. The number of nitrogens with two attached hydrogens (primary N) is 1. The summed E-state index contributed by atoms with van der Waals surface area (Å²) in [5.41, 5.74) is 11.2. The molecule has 2 nitrogen and oxygen atoms in total. The van der Waals surface area contributed by atoms with E-state index in [4.69, 9.17) is 5.73 Å². The average molecular weight is 322 g/mol. The van der Waals surface area contributed by atoms with Gasteiger partial charge in [0.2, 0.25) is 0 Å². The smallest absolute Gasteiger partial charge is 0.0316 e. The molecule has 0 spiro atoms. The molecule has 1 aliphatic carbocycles. The van der Waals surface area contributed by atoms with Gasteiger partial charge in [-0.05, 0) is 73.8 Å². The molecule has 0 radical (unpaired) electrons. The second-order valence-electron chi connectivity index (χ2n) is 7.12. The van der Waals surface area contributed by atoms with Gasteiger partial charge >= 0.3 is 0 Å². The highest BCUT2D eigenvalue weighted by atomic mass is 14.9. The Morgan fingerprint density at radius 2 is 1.96 bits per heavy atom. The third kappa shape index (κ3) is 4.61. The van der Waals surface area contributed by atoms with E-state index in [-0.39, 0.29) is 0 Å². The maximum Gasteiger partial charge on any atom is 0.0316 e. The predicted octanol–water partition coefficient (Wildman–Crippen LogP) is 4.52. The highest BCUT2D eigenvalue weighted by Crippen LogP contribution is 2.24. The molecule has 0 saturated heterocycles. The number of hydrogen-bond acceptors (Lipinski definition) is 2. The van der Waals surface area contributed by atoms with Gasteiger partial charge in [0.15, 0.2) is 0 Å². The zero-order chi connectivity index (χ0) is 16.8. The maximum atomic E-state index is 5.96. The Hall–Kier alpha value is -1.80. The fourth-order valence-electron chi connectivity index (χ4n) is 3.86. The highest BCUT2D eigenvalue weighted by Gasteiger charge is 2.20. The number of fused-ring (bicyclic) bond motifs is 1. The van der Waals surface area contributed by atoms with Gasteiger partial charge in [0.1, 0.15) is 0 Å². The van der Waals surface area contributed by atoms with Gasteiger partial charge in [-0.3, -0.25) is 0 Å². The van der Waals surface area contributed by atoms with Crippen LogP contribution < -0.4 is 11.1 Å². The fraction of sp³-hybridized carbons (Fsp3) is 0.455. The maximum absolute atomic E-state index is 5.96. The Morgan fingerprint density at radius 1 is 1.12 bits per heavy atom. The average Bonchev–Trinajstić information content (AvgIpc) is 2.61. The molecule has 1 aliphatic rings. The Balaban J connectivity index is 1.49. The second kappa shape index (κ2) is 8.34. The van der Waals surface area contributed by atoms with Crippen LogP contribution in [0.4, 0.5) is 5.69 Å². The van der Waals surface area contributed by atoms with Gasteiger partial charge in [0, 0.05) is 17.8 Å². The van der Waals surface area contributed by atoms with E-state index in [2.05, 4.69) is 54.7 Å². The summed E-state index contributed by atoms with van der Waals surface area (Å²) in [5.74, 6) is 0. The summed E-state index contributed by atoms with van der Waals surface area (Å²) in [6.45, 7) is 2.30. The van der Waals surface area contributed by atoms with Crippen LogP contribution in [-0.2, 0) is 19.3 Å². The minimum Gasteiger partial charge on any atom is -0.399 e. The number of hydrogen-bond donors (Lipinski definition) is 2. The summed E-state index contributed by atoms with van der Waals surface area (Å²) in [5, 5.41) is 3.91. The Labute approximate surface area is 146 Å². The largest absolute Gasteiger partial charge is 0.399 e. The summed E-state index contributed by atoms with van der Waals surface area (Å²) < 4.78 is 0. The van der Waals surface area contributed by atoms with E-state index in [0.29, 0.717) is 12.1 Å². The molecule has 2 unspecified atom stereocenters. The lowest BCUT2D eigenvalue weighted by Crippen LogP contribution is -2.41. The van der Waals surface area contributed by atoms with Gasteiger partial charge in [-0.15, -0.1) is 0 Å². The molecule has 3 rings (SSSR count). The normalized spacial score (nSPS) is 18.1. The number of aryl methyl sites for hydroxylation is 2. The van der Waals surface area contributed by atoms with Crippen molar-refractivity contribution in [3.05, 3.63) is 65.2 Å². The predicted molar refractivity (Wildman–Crippen MR) is 103 cm³/mol. The van der Waals surface area contributed by atoms with Crippen molar-refractivity contribution in [1.82, 2.24) is 5.32 Å². The van der Waals surface area contributed by atoms with Crippen molar-refractivity contribution in [2.75, 3.05) is 5.73 Å². The summed E-state index contributed by atoms with van der Waals surface area (Å²) in [6, 6.07) is 18.5. The van der Waals surface area contributed by atoms with Crippen molar-refractivity contribution in [3.8, 4) is 0 Å². The van der Waals surface area contributed by atoms with Crippen molar-refractivity contribution in [2.45, 2.75) is 64.0 Å². The number of benzene rings is 2. The molecule has 0 bridgehead atoms. The standard InChI is InChI=1S/C22H30N2/c1-2-21(10-6-9-17-7-4-3-5-8-17)24-22-14-12-18-11-13-20(23)15-19(18)16-22/h3-5,7-8,11,13,15,21-22,24H,2,6,9-10,12,14,16,23H2,1H3. The number of nitrogen functional groups attached to an aromatic ring is 1. The van der Waals surface area contributed by atoms with Crippen LogP contribution in [-0.4, -0.2) is 12.1 Å². The van der Waals surface area contributed by atoms with Gasteiger partial charge in [0.05, 0.1) is 0 Å². The van der Waals surface area contributed by atoms with Crippen molar-refractivity contribution >= 4 is 5.69 Å². The molecule has 0 amide bonds. The number of rotatable bonds is 7. The zero-order valence-electron chi connectivity index (χ0n) is 14.8. The molecular formula is C22H30N2. The van der Waals surface area contributed by atoms with Crippen molar-refractivity contribution in [3.63, 3.8) is 0 Å². The quantitative estimate of drug-likeness (QED) is 0.736. The zero-order valence-corrected chi connectivity index (χ0v) is 14.8. The number of anilines is 1. The van der Waals surface area contributed by atoms with Gasteiger partial charge < -0.3 is 11.1 Å². The van der Waals surface area contributed by atoms with E-state index in [1.807, 2.05) is 6.07 Å². The van der Waals surface area contributed by atoms with Crippen LogP contribution in [0.25, 0.3) is 0 Å². The molecule has 3 N–H and O–H groups in total. The van der Waals surface area contributed by atoms with E-state index < -0.39 is 0 Å². The molecule has 128 valence electrons. The summed E-state index contributed by atoms with van der Waals surface area (Å²) >= 11 is 0. The monoisotopic (exact) mass is 322 g/mol. The van der Waals surface area contributed by atoms with E-state index in [1.165, 1.54) is 55.2 Å². The van der Waals surface area contributed by atoms with Crippen LogP contribution in [0.1, 0.15) is 49.3 Å². The van der Waals surface area contributed by atoms with Gasteiger partial charge in [-0.1, -0.05) is 43.3 Å². The lowest BCUT2D eigenvalue weighted by molar-refractivity contribution is 0.365. The van der Waals surface area contributed by atoms with Crippen molar-refractivity contribution in [2.24, 2.45) is 0 Å². The van der Waals surface area contributed by atoms with Gasteiger partial charge in [-0.2, -0.15) is 0 Å². The topological polar surface area (TPSA) is 38.0 Å². The van der Waals surface area contributed by atoms with Crippen LogP contribution in [0.3, 0.4) is 0 Å². The molecule has 2 aromatic rings. The molecule has 2 heteroatoms. The Bertz CT molecular complexity index is 636. The molecule has 0 aromatic heterocycles. The first-order chi connectivity index (χ1) is 11.7. The van der Waals surface area contributed by atoms with Crippen molar-refractivity contribution < 1.29 is 0 Å². The van der Waals surface area contributed by atoms with Gasteiger partial charge in [-0.25, -0.2) is 0 Å². The van der Waals surface area contributed by atoms with Crippen molar-refractivity contribution in [1.29, 1.82) is 0 Å². The lowest BCUT2D eigenvalue weighted by atomic mass is 9.87. The molecule has 0 saturated carbocycles. The first-order valence-corrected chi connectivity index (χ1v) is 9.42. The highest BCUT2D eigenvalue weighted by molar-refractivity contribution is 5.46. The summed E-state index contributed by atoms with van der Waals surface area (Å²) in [6.07, 6.45) is 8.44. The van der Waals surface area contributed by atoms with Crippen LogP contribution in [0, 0.1) is 0 Å². The van der Waals surface area contributed by atoms with Crippen LogP contribution in [0.2, 0.25) is 0 Å². The Morgan fingerprint density at radius 3 is 2.75 bits per heavy atom. The molecular weight excluding hydrogens is 292 g/mol. The number of nitrogens with one attached hydrogen (secondary N) is 1. The van der Waals surface area contributed by atoms with E-state index in [0.717, 1.165) is 12.1 Å². The third-order valence-electron chi connectivity index (χ3n) is 5.28. The second-order valence-corrected chi connectivity index (χ2v) is 7.12. The fourth-order valence-corrected chi connectivity index (χ4v) is 3.86. The first kappa shape index (κ1) is 17.0. The lowest BCUT2D eigenvalue weighted by Gasteiger charge is -2.30. The molecule has 0 heterocycles. The van der Waals surface area contributed by atoms with E-state index in [9.17, 15) is 0 Å². The van der Waals surface area contributed by atoms with Gasteiger partial charge in [0.25, 0.3) is 0 Å². The third-order valence-corrected chi connectivity index (χ3v) is 5.28. The van der Waals surface area contributed by atoms with Crippen LogP contribution in [0.5, 0.6) is 0 Å². The van der Waals surface area contributed by atoms with Crippen LogP contribution >= 0.6 is 0 Å². The van der Waals surface area contributed by atoms with E-state index in [1.54, 1.807) is 0 Å². The SMILES string of the molecule is CCC(CCCc1ccccc1)NC1CCc2ccc(N)cc2C1. The molecule has 2 atom stereocenters. The van der Waals surface area contributed by atoms with Crippen LogP contribution in [0.15, 0.2) is 48.5 Å². The summed E-state index contributed by atoms with van der Waals surface area (Å²) in [7, 11) is 0. The minimum atomic E-state index is 0.598. The Kier molecular flexibility index (Phi) is 5.92.